The van der Waals surface area contributed by atoms with Gasteiger partial charge in [0.15, 0.2) is 11.7 Å². The van der Waals surface area contributed by atoms with Gasteiger partial charge in [0, 0.05) is 29.7 Å². The highest BCUT2D eigenvalue weighted by Crippen LogP contribution is 2.33. The number of carbonyl (C=O) groups excluding carboxylic acids is 1. The fourth-order valence-corrected chi connectivity index (χ4v) is 3.64. The maximum absolute atomic E-state index is 12.4. The minimum absolute atomic E-state index is 0.183. The number of rotatable bonds is 6. The van der Waals surface area contributed by atoms with Gasteiger partial charge in [-0.3, -0.25) is 4.79 Å². The van der Waals surface area contributed by atoms with Gasteiger partial charge in [-0.1, -0.05) is 83.9 Å². The number of nitrogens with zero attached hydrogens (tertiary/aromatic N) is 1. The number of oxazole rings is 1. The van der Waals surface area contributed by atoms with Crippen molar-refractivity contribution in [3.8, 4) is 22.6 Å². The molecule has 0 aliphatic heterocycles. The first-order chi connectivity index (χ1) is 15.0. The number of carbonyl (C=O) groups is 1. The molecule has 4 rings (SSSR count). The first kappa shape index (κ1) is 21.0. The van der Waals surface area contributed by atoms with Crippen molar-refractivity contribution in [2.24, 2.45) is 0 Å². The minimum Gasteiger partial charge on any atom is -0.440 e. The van der Waals surface area contributed by atoms with Crippen molar-refractivity contribution in [2.45, 2.75) is 12.8 Å². The second kappa shape index (κ2) is 9.25. The van der Waals surface area contributed by atoms with E-state index in [0.29, 0.717) is 23.8 Å². The molecule has 0 saturated heterocycles. The Balaban J connectivity index is 1.52. The van der Waals surface area contributed by atoms with Gasteiger partial charge in [-0.15, -0.1) is 0 Å². The Morgan fingerprint density at radius 3 is 2.13 bits per heavy atom. The Labute approximate surface area is 189 Å². The number of benzene rings is 3. The van der Waals surface area contributed by atoms with Gasteiger partial charge in [-0.25, -0.2) is 4.98 Å². The number of aryl methyl sites for hydroxylation is 1. The summed E-state index contributed by atoms with van der Waals surface area (Å²) in [5.74, 6) is 0.957. The summed E-state index contributed by atoms with van der Waals surface area (Å²) in [6.45, 7) is 0. The molecule has 0 spiro atoms. The zero-order valence-electron chi connectivity index (χ0n) is 16.4. The van der Waals surface area contributed by atoms with Crippen LogP contribution in [0.3, 0.4) is 0 Å². The predicted molar refractivity (Wildman–Crippen MR) is 125 cm³/mol. The number of amides is 1. The van der Waals surface area contributed by atoms with E-state index in [1.165, 1.54) is 0 Å². The normalized spacial score (nSPS) is 10.8. The molecule has 3 N–H and O–H groups in total. The standard InChI is InChI=1S/C24H19Cl2N3O2/c25-18-13-17(14-19(26)22(18)27)28-20(30)11-12-21-29-23(15-7-3-1-4-8-15)24(31-21)16-9-5-2-6-10-16/h1-10,13-14H,11-12,27H2,(H,28,30). The number of nitrogens with one attached hydrogen (secondary N) is 1. The molecule has 5 nitrogen and oxygen atoms in total. The molecule has 0 bridgehead atoms. The number of anilines is 2. The Morgan fingerprint density at radius 1 is 0.935 bits per heavy atom. The third kappa shape index (κ3) is 4.90. The summed E-state index contributed by atoms with van der Waals surface area (Å²) in [7, 11) is 0. The molecule has 1 amide bonds. The molecule has 0 atom stereocenters. The topological polar surface area (TPSA) is 81.1 Å². The summed E-state index contributed by atoms with van der Waals surface area (Å²) in [4.78, 5) is 17.1. The SMILES string of the molecule is Nc1c(Cl)cc(NC(=O)CCc2nc(-c3ccccc3)c(-c3ccccc3)o2)cc1Cl. The molecule has 0 aliphatic carbocycles. The van der Waals surface area contributed by atoms with Crippen LogP contribution in [0.15, 0.2) is 77.2 Å². The van der Waals surface area contributed by atoms with E-state index in [1.807, 2.05) is 60.7 Å². The lowest BCUT2D eigenvalue weighted by Gasteiger charge is -2.08. The second-order valence-corrected chi connectivity index (χ2v) is 7.73. The van der Waals surface area contributed by atoms with Gasteiger partial charge in [-0.2, -0.15) is 0 Å². The molecular weight excluding hydrogens is 433 g/mol. The predicted octanol–water partition coefficient (Wildman–Crippen LogP) is 6.47. The van der Waals surface area contributed by atoms with E-state index in [-0.39, 0.29) is 28.1 Å². The third-order valence-corrected chi connectivity index (χ3v) is 5.31. The zero-order chi connectivity index (χ0) is 21.8. The molecule has 7 heteroatoms. The van der Waals surface area contributed by atoms with E-state index < -0.39 is 0 Å². The lowest BCUT2D eigenvalue weighted by Crippen LogP contribution is -2.12. The van der Waals surface area contributed by atoms with Gasteiger partial charge in [-0.05, 0) is 12.1 Å². The molecule has 0 radical (unpaired) electrons. The van der Waals surface area contributed by atoms with Crippen molar-refractivity contribution in [2.75, 3.05) is 11.1 Å². The fraction of sp³-hybridized carbons (Fsp3) is 0.0833. The zero-order valence-corrected chi connectivity index (χ0v) is 18.0. The largest absolute Gasteiger partial charge is 0.440 e. The first-order valence-electron chi connectivity index (χ1n) is 9.66. The number of hydrogen-bond donors (Lipinski definition) is 2. The average molecular weight is 452 g/mol. The van der Waals surface area contributed by atoms with Crippen LogP contribution in [-0.2, 0) is 11.2 Å². The molecule has 4 aromatic rings. The summed E-state index contributed by atoms with van der Waals surface area (Å²) in [6.07, 6.45) is 0.525. The number of aromatic nitrogens is 1. The van der Waals surface area contributed by atoms with Gasteiger partial charge < -0.3 is 15.5 Å². The van der Waals surface area contributed by atoms with Crippen molar-refractivity contribution in [1.82, 2.24) is 4.98 Å². The highest BCUT2D eigenvalue weighted by Gasteiger charge is 2.17. The summed E-state index contributed by atoms with van der Waals surface area (Å²) in [5, 5.41) is 3.35. The fourth-order valence-electron chi connectivity index (χ4n) is 3.15. The molecule has 3 aromatic carbocycles. The highest BCUT2D eigenvalue weighted by molar-refractivity contribution is 6.39. The molecule has 1 heterocycles. The van der Waals surface area contributed by atoms with Crippen molar-refractivity contribution < 1.29 is 9.21 Å². The van der Waals surface area contributed by atoms with Crippen LogP contribution in [0.2, 0.25) is 10.0 Å². The van der Waals surface area contributed by atoms with Crippen LogP contribution in [0.25, 0.3) is 22.6 Å². The molecule has 0 aliphatic rings. The van der Waals surface area contributed by atoms with E-state index in [9.17, 15) is 4.79 Å². The highest BCUT2D eigenvalue weighted by atomic mass is 35.5. The van der Waals surface area contributed by atoms with E-state index in [0.717, 1.165) is 16.8 Å². The summed E-state index contributed by atoms with van der Waals surface area (Å²) >= 11 is 12.1. The Kier molecular flexibility index (Phi) is 6.26. The van der Waals surface area contributed by atoms with Crippen molar-refractivity contribution in [1.29, 1.82) is 0 Å². The van der Waals surface area contributed by atoms with Crippen molar-refractivity contribution in [3.05, 3.63) is 88.7 Å². The summed E-state index contributed by atoms with van der Waals surface area (Å²) in [6, 6.07) is 22.7. The molecule has 0 saturated carbocycles. The summed E-state index contributed by atoms with van der Waals surface area (Å²) < 4.78 is 6.06. The molecular formula is C24H19Cl2N3O2. The van der Waals surface area contributed by atoms with Gasteiger partial charge in [0.1, 0.15) is 5.69 Å². The summed E-state index contributed by atoms with van der Waals surface area (Å²) in [5.41, 5.74) is 9.12. The van der Waals surface area contributed by atoms with Crippen LogP contribution < -0.4 is 11.1 Å². The number of hydrogen-bond acceptors (Lipinski definition) is 4. The molecule has 31 heavy (non-hydrogen) atoms. The lowest BCUT2D eigenvalue weighted by molar-refractivity contribution is -0.116. The Morgan fingerprint density at radius 2 is 1.52 bits per heavy atom. The first-order valence-corrected chi connectivity index (χ1v) is 10.4. The second-order valence-electron chi connectivity index (χ2n) is 6.92. The van der Waals surface area contributed by atoms with Crippen molar-refractivity contribution >= 4 is 40.5 Å². The molecule has 1 aromatic heterocycles. The van der Waals surface area contributed by atoms with Crippen LogP contribution in [0.1, 0.15) is 12.3 Å². The number of halogens is 2. The minimum atomic E-state index is -0.211. The third-order valence-electron chi connectivity index (χ3n) is 4.68. The van der Waals surface area contributed by atoms with Crippen LogP contribution in [-0.4, -0.2) is 10.9 Å². The van der Waals surface area contributed by atoms with E-state index in [4.69, 9.17) is 33.4 Å². The number of nitrogens with two attached hydrogens (primary N) is 1. The lowest BCUT2D eigenvalue weighted by atomic mass is 10.1. The maximum Gasteiger partial charge on any atom is 0.224 e. The van der Waals surface area contributed by atoms with Crippen LogP contribution >= 0.6 is 23.2 Å². The number of nitrogen functional groups attached to an aromatic ring is 1. The monoisotopic (exact) mass is 451 g/mol. The maximum atomic E-state index is 12.4. The average Bonchev–Trinajstić information content (AvgIpc) is 3.22. The quantitative estimate of drug-likeness (QED) is 0.329. The van der Waals surface area contributed by atoms with Gasteiger partial charge >= 0.3 is 0 Å². The molecule has 0 unspecified atom stereocenters. The molecule has 156 valence electrons. The van der Waals surface area contributed by atoms with Crippen LogP contribution in [0.4, 0.5) is 11.4 Å². The smallest absolute Gasteiger partial charge is 0.224 e. The van der Waals surface area contributed by atoms with Crippen LogP contribution in [0, 0.1) is 0 Å². The van der Waals surface area contributed by atoms with E-state index in [2.05, 4.69) is 10.3 Å². The van der Waals surface area contributed by atoms with E-state index in [1.54, 1.807) is 12.1 Å². The van der Waals surface area contributed by atoms with E-state index >= 15 is 0 Å². The van der Waals surface area contributed by atoms with Gasteiger partial charge in [0.05, 0.1) is 15.7 Å². The Bertz CT molecular complexity index is 1130. The molecule has 0 fully saturated rings. The van der Waals surface area contributed by atoms with Gasteiger partial charge in [0.2, 0.25) is 5.91 Å². The van der Waals surface area contributed by atoms with Gasteiger partial charge in [0.25, 0.3) is 0 Å². The van der Waals surface area contributed by atoms with Crippen LogP contribution in [0.5, 0.6) is 0 Å². The Hall–Kier alpha value is -3.28. The van der Waals surface area contributed by atoms with Crippen molar-refractivity contribution in [3.63, 3.8) is 0 Å².